The number of benzene rings is 1. The van der Waals surface area contributed by atoms with E-state index in [0.717, 1.165) is 6.29 Å². The topological polar surface area (TPSA) is 35.5 Å². The van der Waals surface area contributed by atoms with E-state index in [2.05, 4.69) is 6.92 Å². The lowest BCUT2D eigenvalue weighted by atomic mass is 9.90. The molecule has 1 heterocycles. The molecule has 1 aliphatic heterocycles. The summed E-state index contributed by atoms with van der Waals surface area (Å²) in [5.74, 6) is 0.576. The number of ether oxygens (including phenoxy) is 2. The van der Waals surface area contributed by atoms with Crippen molar-refractivity contribution in [2.45, 2.75) is 6.92 Å². The highest BCUT2D eigenvalue weighted by molar-refractivity contribution is 6.30. The molecule has 0 bridgehead atoms. The molecule has 0 aromatic heterocycles. The molecule has 0 amide bonds. The highest BCUT2D eigenvalue weighted by Crippen LogP contribution is 2.29. The average Bonchev–Trinajstić information content (AvgIpc) is 2.24. The van der Waals surface area contributed by atoms with Crippen LogP contribution in [0.3, 0.4) is 0 Å². The van der Waals surface area contributed by atoms with E-state index in [-0.39, 0.29) is 5.41 Å². The minimum atomic E-state index is 0.0692. The number of carbonyl (C=O) groups is 1. The maximum atomic E-state index is 10.8. The van der Waals surface area contributed by atoms with Crippen molar-refractivity contribution in [3.8, 4) is 5.75 Å². The van der Waals surface area contributed by atoms with Crippen LogP contribution < -0.4 is 4.74 Å². The zero-order valence-corrected chi connectivity index (χ0v) is 9.79. The van der Waals surface area contributed by atoms with E-state index in [1.165, 1.54) is 0 Å². The molecule has 0 atom stereocenters. The summed E-state index contributed by atoms with van der Waals surface area (Å²) in [7, 11) is 0. The molecule has 0 aliphatic carbocycles. The van der Waals surface area contributed by atoms with E-state index < -0.39 is 0 Å². The fourth-order valence-electron chi connectivity index (χ4n) is 1.53. The quantitative estimate of drug-likeness (QED) is 0.759. The van der Waals surface area contributed by atoms with Gasteiger partial charge in [0.25, 0.3) is 0 Å². The number of carbonyl (C=O) groups excluding carboxylic acids is 1. The molecule has 0 spiro atoms. The Balaban J connectivity index is 2.06. The van der Waals surface area contributed by atoms with Crippen LogP contribution in [-0.2, 0) is 4.74 Å². The van der Waals surface area contributed by atoms with Gasteiger partial charge in [0.1, 0.15) is 5.75 Å². The SMILES string of the molecule is CC1(COc2ccc(Cl)cc2C=O)COC1. The van der Waals surface area contributed by atoms with Gasteiger partial charge >= 0.3 is 0 Å². The van der Waals surface area contributed by atoms with E-state index in [4.69, 9.17) is 21.1 Å². The summed E-state index contributed by atoms with van der Waals surface area (Å²) in [6, 6.07) is 5.03. The van der Waals surface area contributed by atoms with Crippen molar-refractivity contribution in [2.75, 3.05) is 19.8 Å². The Morgan fingerprint density at radius 3 is 2.88 bits per heavy atom. The van der Waals surface area contributed by atoms with Gasteiger partial charge in [-0.1, -0.05) is 18.5 Å². The number of aldehydes is 1. The van der Waals surface area contributed by atoms with Crippen LogP contribution in [0.2, 0.25) is 5.02 Å². The Bertz CT molecular complexity index is 399. The molecule has 0 unspecified atom stereocenters. The summed E-state index contributed by atoms with van der Waals surface area (Å²) in [6.07, 6.45) is 0.751. The smallest absolute Gasteiger partial charge is 0.153 e. The first-order chi connectivity index (χ1) is 7.63. The molecule has 3 nitrogen and oxygen atoms in total. The van der Waals surface area contributed by atoms with E-state index in [1.807, 2.05) is 0 Å². The first-order valence-electron chi connectivity index (χ1n) is 5.08. The molecule has 1 aliphatic rings. The van der Waals surface area contributed by atoms with Gasteiger partial charge < -0.3 is 9.47 Å². The number of hydrogen-bond acceptors (Lipinski definition) is 3. The second-order valence-electron chi connectivity index (χ2n) is 4.39. The van der Waals surface area contributed by atoms with Crippen LogP contribution in [0.1, 0.15) is 17.3 Å². The average molecular weight is 241 g/mol. The van der Waals surface area contributed by atoms with Gasteiger partial charge in [-0.05, 0) is 18.2 Å². The third-order valence-electron chi connectivity index (χ3n) is 2.58. The summed E-state index contributed by atoms with van der Waals surface area (Å²) in [4.78, 5) is 10.8. The first-order valence-corrected chi connectivity index (χ1v) is 5.46. The van der Waals surface area contributed by atoms with Crippen molar-refractivity contribution in [1.29, 1.82) is 0 Å². The third kappa shape index (κ3) is 2.36. The highest BCUT2D eigenvalue weighted by Gasteiger charge is 2.34. The van der Waals surface area contributed by atoms with Crippen molar-refractivity contribution in [1.82, 2.24) is 0 Å². The molecular weight excluding hydrogens is 228 g/mol. The Hall–Kier alpha value is -1.06. The Morgan fingerprint density at radius 2 is 2.31 bits per heavy atom. The van der Waals surface area contributed by atoms with Crippen LogP contribution in [0.15, 0.2) is 18.2 Å². The molecule has 1 aromatic carbocycles. The van der Waals surface area contributed by atoms with Crippen molar-refractivity contribution >= 4 is 17.9 Å². The zero-order chi connectivity index (χ0) is 11.6. The van der Waals surface area contributed by atoms with Crippen LogP contribution >= 0.6 is 11.6 Å². The zero-order valence-electron chi connectivity index (χ0n) is 9.03. The molecule has 1 fully saturated rings. The van der Waals surface area contributed by atoms with E-state index in [0.29, 0.717) is 36.2 Å². The van der Waals surface area contributed by atoms with Crippen molar-refractivity contribution in [3.63, 3.8) is 0 Å². The monoisotopic (exact) mass is 240 g/mol. The maximum Gasteiger partial charge on any atom is 0.153 e. The predicted octanol–water partition coefficient (Wildman–Crippen LogP) is 2.57. The molecule has 1 aromatic rings. The van der Waals surface area contributed by atoms with Gasteiger partial charge in [-0.25, -0.2) is 0 Å². The van der Waals surface area contributed by atoms with Gasteiger partial charge in [-0.3, -0.25) is 4.79 Å². The van der Waals surface area contributed by atoms with Crippen LogP contribution in [0.5, 0.6) is 5.75 Å². The van der Waals surface area contributed by atoms with Gasteiger partial charge in [0.05, 0.1) is 25.4 Å². The lowest BCUT2D eigenvalue weighted by molar-refractivity contribution is -0.120. The number of rotatable bonds is 4. The summed E-state index contributed by atoms with van der Waals surface area (Å²) < 4.78 is 10.8. The van der Waals surface area contributed by atoms with Gasteiger partial charge in [-0.2, -0.15) is 0 Å². The van der Waals surface area contributed by atoms with Gasteiger partial charge in [-0.15, -0.1) is 0 Å². The Labute approximate surface area is 99.3 Å². The van der Waals surface area contributed by atoms with Gasteiger partial charge in [0, 0.05) is 10.4 Å². The summed E-state index contributed by atoms with van der Waals surface area (Å²) in [5, 5.41) is 0.535. The first kappa shape index (κ1) is 11.4. The lowest BCUT2D eigenvalue weighted by Crippen LogP contribution is -2.44. The minimum Gasteiger partial charge on any atom is -0.492 e. The number of hydrogen-bond donors (Lipinski definition) is 0. The molecule has 86 valence electrons. The van der Waals surface area contributed by atoms with Crippen LogP contribution in [0, 0.1) is 5.41 Å². The Kier molecular flexibility index (Phi) is 3.17. The molecule has 4 heteroatoms. The summed E-state index contributed by atoms with van der Waals surface area (Å²) in [6.45, 7) is 4.05. The van der Waals surface area contributed by atoms with Crippen LogP contribution in [-0.4, -0.2) is 26.1 Å². The summed E-state index contributed by atoms with van der Waals surface area (Å²) >= 11 is 5.79. The standard InChI is InChI=1S/C12H13ClO3/c1-12(6-15-7-12)8-16-11-3-2-10(13)4-9(11)5-14/h2-5H,6-8H2,1H3. The highest BCUT2D eigenvalue weighted by atomic mass is 35.5. The van der Waals surface area contributed by atoms with Crippen LogP contribution in [0.25, 0.3) is 0 Å². The Morgan fingerprint density at radius 1 is 1.56 bits per heavy atom. The van der Waals surface area contributed by atoms with E-state index >= 15 is 0 Å². The lowest BCUT2D eigenvalue weighted by Gasteiger charge is -2.37. The van der Waals surface area contributed by atoms with Gasteiger partial charge in [0.15, 0.2) is 6.29 Å². The van der Waals surface area contributed by atoms with Crippen molar-refractivity contribution < 1.29 is 14.3 Å². The molecule has 1 saturated heterocycles. The third-order valence-corrected chi connectivity index (χ3v) is 2.81. The fraction of sp³-hybridized carbons (Fsp3) is 0.417. The van der Waals surface area contributed by atoms with Crippen molar-refractivity contribution in [2.24, 2.45) is 5.41 Å². The normalized spacial score (nSPS) is 17.6. The number of halogens is 1. The molecule has 0 saturated carbocycles. The second kappa shape index (κ2) is 4.44. The van der Waals surface area contributed by atoms with Crippen LogP contribution in [0.4, 0.5) is 0 Å². The van der Waals surface area contributed by atoms with Crippen molar-refractivity contribution in [3.05, 3.63) is 28.8 Å². The molecule has 0 radical (unpaired) electrons. The fourth-order valence-corrected chi connectivity index (χ4v) is 1.71. The maximum absolute atomic E-state index is 10.8. The molecule has 0 N–H and O–H groups in total. The minimum absolute atomic E-state index is 0.0692. The molecular formula is C12H13ClO3. The second-order valence-corrected chi connectivity index (χ2v) is 4.83. The largest absolute Gasteiger partial charge is 0.492 e. The van der Waals surface area contributed by atoms with Gasteiger partial charge in [0.2, 0.25) is 0 Å². The molecule has 16 heavy (non-hydrogen) atoms. The summed E-state index contributed by atoms with van der Waals surface area (Å²) in [5.41, 5.74) is 0.552. The predicted molar refractivity (Wildman–Crippen MR) is 61.3 cm³/mol. The van der Waals surface area contributed by atoms with E-state index in [9.17, 15) is 4.79 Å². The molecule has 2 rings (SSSR count). The van der Waals surface area contributed by atoms with E-state index in [1.54, 1.807) is 18.2 Å².